The molecule has 0 spiro atoms. The zero-order valence-electron chi connectivity index (χ0n) is 17.6. The first-order chi connectivity index (χ1) is 14.3. The third-order valence-corrected chi connectivity index (χ3v) is 4.58. The van der Waals surface area contributed by atoms with E-state index in [0.717, 1.165) is 0 Å². The molecule has 2 rings (SSSR count). The molecule has 1 aromatic carbocycles. The summed E-state index contributed by atoms with van der Waals surface area (Å²) < 4.78 is 21.0. The molecule has 0 aromatic heterocycles. The Morgan fingerprint density at radius 3 is 2.27 bits per heavy atom. The summed E-state index contributed by atoms with van der Waals surface area (Å²) in [6.45, 7) is 6.72. The van der Waals surface area contributed by atoms with Gasteiger partial charge in [0.2, 0.25) is 0 Å². The molecule has 1 aliphatic heterocycles. The fraction of sp³-hybridized carbons (Fsp3) is 0.550. The van der Waals surface area contributed by atoms with Crippen molar-refractivity contribution in [3.8, 4) is 11.5 Å². The molecule has 2 amide bonds. The van der Waals surface area contributed by atoms with Crippen molar-refractivity contribution in [2.45, 2.75) is 26.9 Å². The minimum absolute atomic E-state index is 0.129. The van der Waals surface area contributed by atoms with Crippen LogP contribution in [0.25, 0.3) is 0 Å². The number of hydrogen-bond acceptors (Lipinski definition) is 7. The average molecular weight is 443 g/mol. The van der Waals surface area contributed by atoms with Crippen LogP contribution in [0.5, 0.6) is 11.5 Å². The molecular weight excluding hydrogens is 416 g/mol. The topological polar surface area (TPSA) is 94.6 Å². The Morgan fingerprint density at radius 1 is 1.07 bits per heavy atom. The van der Waals surface area contributed by atoms with Crippen LogP contribution in [-0.2, 0) is 14.3 Å². The molecule has 0 unspecified atom stereocenters. The minimum atomic E-state index is -0.704. The molecule has 1 saturated heterocycles. The van der Waals surface area contributed by atoms with Crippen molar-refractivity contribution >= 4 is 29.6 Å². The van der Waals surface area contributed by atoms with E-state index in [1.807, 2.05) is 13.8 Å². The van der Waals surface area contributed by atoms with Gasteiger partial charge in [-0.05, 0) is 32.9 Å². The second-order valence-electron chi connectivity index (χ2n) is 6.80. The lowest BCUT2D eigenvalue weighted by molar-refractivity contribution is -0.136. The van der Waals surface area contributed by atoms with Crippen LogP contribution >= 0.6 is 11.6 Å². The first-order valence-corrected chi connectivity index (χ1v) is 10.0. The summed E-state index contributed by atoms with van der Waals surface area (Å²) >= 11 is 6.22. The summed E-state index contributed by atoms with van der Waals surface area (Å²) in [5, 5.41) is 0.205. The van der Waals surface area contributed by atoms with Gasteiger partial charge in [0.15, 0.2) is 18.1 Å². The van der Waals surface area contributed by atoms with Gasteiger partial charge in [-0.15, -0.1) is 0 Å². The molecule has 0 N–H and O–H groups in total. The van der Waals surface area contributed by atoms with Gasteiger partial charge in [0, 0.05) is 26.2 Å². The Balaban J connectivity index is 1.92. The number of benzene rings is 1. The van der Waals surface area contributed by atoms with Crippen LogP contribution < -0.4 is 9.47 Å². The number of halogens is 1. The summed E-state index contributed by atoms with van der Waals surface area (Å²) in [5.74, 6) is -0.416. The lowest BCUT2D eigenvalue weighted by Gasteiger charge is -2.33. The third kappa shape index (κ3) is 6.16. The maximum absolute atomic E-state index is 12.4. The van der Waals surface area contributed by atoms with E-state index in [0.29, 0.717) is 44.3 Å². The largest absolute Gasteiger partial charge is 0.493 e. The minimum Gasteiger partial charge on any atom is -0.493 e. The summed E-state index contributed by atoms with van der Waals surface area (Å²) in [6, 6.07) is 2.86. The van der Waals surface area contributed by atoms with Crippen molar-refractivity contribution in [3.63, 3.8) is 0 Å². The number of rotatable bonds is 7. The Hall–Kier alpha value is -2.68. The Kier molecular flexibility index (Phi) is 8.58. The van der Waals surface area contributed by atoms with Gasteiger partial charge < -0.3 is 28.7 Å². The Labute approximate surface area is 180 Å². The molecule has 0 radical (unpaired) electrons. The highest BCUT2D eigenvalue weighted by molar-refractivity contribution is 6.32. The SMILES string of the molecule is CCOC(=O)N1CCN(C(=O)COC(=O)c2cc(Cl)c(OC(C)C)c(OC)c2)CC1. The van der Waals surface area contributed by atoms with E-state index >= 15 is 0 Å². The molecule has 0 atom stereocenters. The molecule has 1 fully saturated rings. The molecule has 0 bridgehead atoms. The number of ether oxygens (including phenoxy) is 4. The molecule has 166 valence electrons. The van der Waals surface area contributed by atoms with E-state index in [4.69, 9.17) is 30.5 Å². The number of piperazine rings is 1. The lowest BCUT2D eigenvalue weighted by atomic mass is 10.2. The maximum Gasteiger partial charge on any atom is 0.409 e. The second kappa shape index (κ2) is 10.9. The molecule has 1 aromatic rings. The Bertz CT molecular complexity index is 777. The third-order valence-electron chi connectivity index (χ3n) is 4.30. The Morgan fingerprint density at radius 2 is 1.70 bits per heavy atom. The number of methoxy groups -OCH3 is 1. The van der Waals surface area contributed by atoms with Crippen molar-refractivity contribution in [1.29, 1.82) is 0 Å². The predicted molar refractivity (Wildman–Crippen MR) is 109 cm³/mol. The van der Waals surface area contributed by atoms with Crippen LogP contribution in [0.3, 0.4) is 0 Å². The summed E-state index contributed by atoms with van der Waals surface area (Å²) in [7, 11) is 1.44. The number of esters is 1. The molecule has 0 aliphatic carbocycles. The van der Waals surface area contributed by atoms with Gasteiger partial charge in [-0.1, -0.05) is 11.6 Å². The number of nitrogens with zero attached hydrogens (tertiary/aromatic N) is 2. The quantitative estimate of drug-likeness (QED) is 0.599. The van der Waals surface area contributed by atoms with Crippen LogP contribution in [-0.4, -0.2) is 80.4 Å². The van der Waals surface area contributed by atoms with Crippen molar-refractivity contribution in [2.75, 3.05) is 46.5 Å². The summed E-state index contributed by atoms with van der Waals surface area (Å²) in [6.07, 6.45) is -0.525. The van der Waals surface area contributed by atoms with Crippen LogP contribution in [0.15, 0.2) is 12.1 Å². The maximum atomic E-state index is 12.4. The molecule has 1 aliphatic rings. The second-order valence-corrected chi connectivity index (χ2v) is 7.21. The highest BCUT2D eigenvalue weighted by atomic mass is 35.5. The van der Waals surface area contributed by atoms with Gasteiger partial charge in [0.25, 0.3) is 5.91 Å². The van der Waals surface area contributed by atoms with Crippen molar-refractivity contribution in [1.82, 2.24) is 9.80 Å². The molecule has 10 heteroatoms. The van der Waals surface area contributed by atoms with Crippen LogP contribution in [0, 0.1) is 0 Å². The number of hydrogen-bond donors (Lipinski definition) is 0. The molecular formula is C20H27ClN2O7. The predicted octanol–water partition coefficient (Wildman–Crippen LogP) is 2.59. The average Bonchev–Trinajstić information content (AvgIpc) is 2.73. The van der Waals surface area contributed by atoms with E-state index in [1.165, 1.54) is 29.0 Å². The molecule has 1 heterocycles. The van der Waals surface area contributed by atoms with Gasteiger partial charge in [-0.2, -0.15) is 0 Å². The van der Waals surface area contributed by atoms with Gasteiger partial charge >= 0.3 is 12.1 Å². The smallest absolute Gasteiger partial charge is 0.409 e. The highest BCUT2D eigenvalue weighted by Crippen LogP contribution is 2.37. The highest BCUT2D eigenvalue weighted by Gasteiger charge is 2.26. The van der Waals surface area contributed by atoms with Crippen LogP contribution in [0.4, 0.5) is 4.79 Å². The molecule has 30 heavy (non-hydrogen) atoms. The zero-order valence-corrected chi connectivity index (χ0v) is 18.4. The molecule has 0 saturated carbocycles. The van der Waals surface area contributed by atoms with E-state index in [-0.39, 0.29) is 22.6 Å². The van der Waals surface area contributed by atoms with E-state index in [9.17, 15) is 14.4 Å². The van der Waals surface area contributed by atoms with E-state index in [2.05, 4.69) is 0 Å². The zero-order chi connectivity index (χ0) is 22.3. The van der Waals surface area contributed by atoms with Gasteiger partial charge in [-0.3, -0.25) is 4.79 Å². The van der Waals surface area contributed by atoms with E-state index < -0.39 is 18.7 Å². The van der Waals surface area contributed by atoms with Crippen molar-refractivity contribution in [2.24, 2.45) is 0 Å². The van der Waals surface area contributed by atoms with Crippen LogP contribution in [0.1, 0.15) is 31.1 Å². The fourth-order valence-electron chi connectivity index (χ4n) is 2.84. The van der Waals surface area contributed by atoms with Crippen molar-refractivity contribution in [3.05, 3.63) is 22.7 Å². The number of carbonyl (C=O) groups is 3. The van der Waals surface area contributed by atoms with E-state index in [1.54, 1.807) is 6.92 Å². The lowest BCUT2D eigenvalue weighted by Crippen LogP contribution is -2.51. The van der Waals surface area contributed by atoms with Crippen LogP contribution in [0.2, 0.25) is 5.02 Å². The monoisotopic (exact) mass is 442 g/mol. The van der Waals surface area contributed by atoms with Gasteiger partial charge in [-0.25, -0.2) is 9.59 Å². The first-order valence-electron chi connectivity index (χ1n) is 9.67. The molecule has 9 nitrogen and oxygen atoms in total. The summed E-state index contributed by atoms with van der Waals surface area (Å²) in [4.78, 5) is 39.5. The standard InChI is InChI=1S/C20H27ClN2O7/c1-5-28-20(26)23-8-6-22(7-9-23)17(24)12-29-19(25)14-10-15(21)18(30-13(2)3)16(11-14)27-4/h10-11,13H,5-9,12H2,1-4H3. The van der Waals surface area contributed by atoms with Gasteiger partial charge in [0.05, 0.1) is 30.4 Å². The van der Waals surface area contributed by atoms with Gasteiger partial charge in [0.1, 0.15) is 0 Å². The number of carbonyl (C=O) groups excluding carboxylic acids is 3. The summed E-state index contributed by atoms with van der Waals surface area (Å²) in [5.41, 5.74) is 0.146. The normalized spacial score (nSPS) is 13.8. The first kappa shape index (κ1) is 23.6. The fourth-order valence-corrected chi connectivity index (χ4v) is 3.10. The van der Waals surface area contributed by atoms with Crippen molar-refractivity contribution < 1.29 is 33.3 Å². The number of amides is 2.